The first-order valence-electron chi connectivity index (χ1n) is 10.3. The van der Waals surface area contributed by atoms with Crippen molar-refractivity contribution < 1.29 is 13.2 Å². The van der Waals surface area contributed by atoms with Crippen LogP contribution >= 0.6 is 0 Å². The average molecular weight is 427 g/mol. The van der Waals surface area contributed by atoms with Crippen molar-refractivity contribution in [3.05, 3.63) is 42.2 Å². The summed E-state index contributed by atoms with van der Waals surface area (Å²) in [6, 6.07) is 6.66. The van der Waals surface area contributed by atoms with E-state index in [1.54, 1.807) is 50.5 Å². The summed E-state index contributed by atoms with van der Waals surface area (Å²) >= 11 is 0. The lowest BCUT2D eigenvalue weighted by molar-refractivity contribution is 0.0911. The largest absolute Gasteiger partial charge is 0.344 e. The molecule has 0 saturated carbocycles. The van der Waals surface area contributed by atoms with Crippen LogP contribution < -0.4 is 5.32 Å². The summed E-state index contributed by atoms with van der Waals surface area (Å²) in [7, 11) is -3.33. The maximum absolute atomic E-state index is 13.1. The van der Waals surface area contributed by atoms with Gasteiger partial charge in [0, 0.05) is 17.7 Å². The van der Waals surface area contributed by atoms with Gasteiger partial charge in [-0.25, -0.2) is 18.4 Å². The van der Waals surface area contributed by atoms with E-state index < -0.39 is 15.1 Å². The lowest BCUT2D eigenvalue weighted by Crippen LogP contribution is -2.18. The fraction of sp³-hybridized carbons (Fsp3) is 0.409. The van der Waals surface area contributed by atoms with Crippen molar-refractivity contribution >= 4 is 26.8 Å². The molecule has 1 aliphatic heterocycles. The molecule has 1 fully saturated rings. The van der Waals surface area contributed by atoms with Gasteiger partial charge in [0.1, 0.15) is 5.52 Å². The van der Waals surface area contributed by atoms with Crippen molar-refractivity contribution in [3.8, 4) is 11.3 Å². The van der Waals surface area contributed by atoms with Gasteiger partial charge in [0.2, 0.25) is 0 Å². The highest BCUT2D eigenvalue weighted by atomic mass is 32.2. The van der Waals surface area contributed by atoms with Gasteiger partial charge in [-0.1, -0.05) is 12.1 Å². The molecule has 0 radical (unpaired) electrons. The molecule has 0 bridgehead atoms. The van der Waals surface area contributed by atoms with Crippen LogP contribution in [-0.2, 0) is 9.84 Å². The molecule has 158 valence electrons. The van der Waals surface area contributed by atoms with Gasteiger partial charge in [-0.15, -0.1) is 0 Å². The van der Waals surface area contributed by atoms with E-state index in [-0.39, 0.29) is 16.6 Å². The number of hydrogen-bond acceptors (Lipinski definition) is 6. The Morgan fingerprint density at radius 3 is 2.63 bits per heavy atom. The number of carbonyl (C=O) groups is 1. The van der Waals surface area contributed by atoms with E-state index in [4.69, 9.17) is 4.98 Å². The van der Waals surface area contributed by atoms with Crippen LogP contribution in [0.2, 0.25) is 0 Å². The molecule has 0 amide bonds. The van der Waals surface area contributed by atoms with Gasteiger partial charge >= 0.3 is 0 Å². The molecule has 4 rings (SSSR count). The zero-order valence-corrected chi connectivity index (χ0v) is 18.0. The number of hydrogen-bond donors (Lipinski definition) is 2. The van der Waals surface area contributed by atoms with Crippen molar-refractivity contribution in [1.82, 2.24) is 20.3 Å². The zero-order chi connectivity index (χ0) is 21.3. The smallest absolute Gasteiger partial charge is 0.180 e. The van der Waals surface area contributed by atoms with Crippen LogP contribution in [0.15, 0.2) is 41.6 Å². The number of H-pyrrole nitrogens is 1. The highest BCUT2D eigenvalue weighted by Crippen LogP contribution is 2.27. The fourth-order valence-corrected chi connectivity index (χ4v) is 4.87. The maximum Gasteiger partial charge on any atom is 0.180 e. The molecule has 0 spiro atoms. The number of nitrogens with one attached hydrogen (secondary N) is 2. The molecule has 3 aromatic rings. The molecule has 1 unspecified atom stereocenters. The SMILES string of the molecule is CC(C)S(=O)(=O)c1ccc(-c2cnc3[nH]cc(C(=O)C4CCCNCC4)c3n2)cc1. The molecule has 3 heterocycles. The molecule has 2 N–H and O–H groups in total. The number of fused-ring (bicyclic) bond motifs is 1. The molecule has 1 saturated heterocycles. The average Bonchev–Trinajstić information content (AvgIpc) is 2.97. The maximum atomic E-state index is 13.1. The van der Waals surface area contributed by atoms with E-state index in [1.165, 1.54) is 0 Å². The van der Waals surface area contributed by atoms with Gasteiger partial charge in [0.05, 0.1) is 27.6 Å². The number of aromatic nitrogens is 3. The van der Waals surface area contributed by atoms with Crippen molar-refractivity contribution in [1.29, 1.82) is 0 Å². The molecular weight excluding hydrogens is 400 g/mol. The van der Waals surface area contributed by atoms with Crippen molar-refractivity contribution in [2.75, 3.05) is 13.1 Å². The van der Waals surface area contributed by atoms with Gasteiger partial charge in [-0.3, -0.25) is 4.79 Å². The number of carbonyl (C=O) groups excluding carboxylic acids is 1. The standard InChI is InChI=1S/C22H26N4O3S/c1-14(2)30(28,29)17-7-5-15(6-8-17)19-13-25-22-20(26-19)18(12-24-22)21(27)16-4-3-10-23-11-9-16/h5-8,12-14,16,23H,3-4,9-11H2,1-2H3,(H,24,25). The fourth-order valence-electron chi connectivity index (χ4n) is 3.81. The van der Waals surface area contributed by atoms with Gasteiger partial charge < -0.3 is 10.3 Å². The van der Waals surface area contributed by atoms with Gasteiger partial charge in [-0.2, -0.15) is 0 Å². The molecule has 1 aromatic carbocycles. The first kappa shape index (κ1) is 20.7. The van der Waals surface area contributed by atoms with Crippen molar-refractivity contribution in [2.45, 2.75) is 43.3 Å². The molecular formula is C22H26N4O3S. The van der Waals surface area contributed by atoms with Crippen LogP contribution in [0, 0.1) is 5.92 Å². The van der Waals surface area contributed by atoms with E-state index >= 15 is 0 Å². The first-order chi connectivity index (χ1) is 14.4. The zero-order valence-electron chi connectivity index (χ0n) is 17.2. The van der Waals surface area contributed by atoms with E-state index in [0.717, 1.165) is 37.9 Å². The summed E-state index contributed by atoms with van der Waals surface area (Å²) in [6.45, 7) is 5.13. The minimum atomic E-state index is -3.33. The quantitative estimate of drug-likeness (QED) is 0.606. The molecule has 7 nitrogen and oxygen atoms in total. The third-order valence-corrected chi connectivity index (χ3v) is 7.86. The summed E-state index contributed by atoms with van der Waals surface area (Å²) in [6.07, 6.45) is 6.02. The Bertz CT molecular complexity index is 1160. The Morgan fingerprint density at radius 1 is 1.13 bits per heavy atom. The minimum absolute atomic E-state index is 0.00928. The monoisotopic (exact) mass is 426 g/mol. The highest BCUT2D eigenvalue weighted by molar-refractivity contribution is 7.92. The number of nitrogens with zero attached hydrogens (tertiary/aromatic N) is 2. The number of Topliss-reactive ketones (excluding diaryl/α,β-unsaturated/α-hetero) is 1. The second kappa shape index (κ2) is 8.28. The topological polar surface area (TPSA) is 105 Å². The predicted octanol–water partition coefficient (Wildman–Crippen LogP) is 3.38. The summed E-state index contributed by atoms with van der Waals surface area (Å²) in [5.74, 6) is 0.0970. The Hall–Kier alpha value is -2.58. The van der Waals surface area contributed by atoms with E-state index in [9.17, 15) is 13.2 Å². The van der Waals surface area contributed by atoms with Gasteiger partial charge in [0.25, 0.3) is 0 Å². The first-order valence-corrected chi connectivity index (χ1v) is 11.9. The van der Waals surface area contributed by atoms with Crippen LogP contribution in [0.3, 0.4) is 0 Å². The molecule has 30 heavy (non-hydrogen) atoms. The van der Waals surface area contributed by atoms with Crippen LogP contribution in [0.25, 0.3) is 22.4 Å². The second-order valence-corrected chi connectivity index (χ2v) is 10.5. The summed E-state index contributed by atoms with van der Waals surface area (Å²) in [4.78, 5) is 25.6. The Morgan fingerprint density at radius 2 is 1.90 bits per heavy atom. The second-order valence-electron chi connectivity index (χ2n) is 8.02. The number of ketones is 1. The van der Waals surface area contributed by atoms with Crippen LogP contribution in [0.4, 0.5) is 0 Å². The number of aromatic amines is 1. The number of sulfone groups is 1. The molecule has 0 aliphatic carbocycles. The van der Waals surface area contributed by atoms with Crippen LogP contribution in [0.1, 0.15) is 43.5 Å². The number of rotatable bonds is 5. The lowest BCUT2D eigenvalue weighted by atomic mass is 9.92. The Kier molecular flexibility index (Phi) is 5.71. The Labute approximate surface area is 176 Å². The van der Waals surface area contributed by atoms with Crippen molar-refractivity contribution in [2.24, 2.45) is 5.92 Å². The predicted molar refractivity (Wildman–Crippen MR) is 116 cm³/mol. The van der Waals surface area contributed by atoms with Crippen LogP contribution in [-0.4, -0.2) is 47.5 Å². The Balaban J connectivity index is 1.67. The van der Waals surface area contributed by atoms with E-state index in [1.807, 2.05) is 0 Å². The number of benzene rings is 1. The third kappa shape index (κ3) is 3.89. The van der Waals surface area contributed by atoms with E-state index in [2.05, 4.69) is 15.3 Å². The summed E-state index contributed by atoms with van der Waals surface area (Å²) in [5.41, 5.74) is 3.07. The molecule has 2 aromatic heterocycles. The normalized spacial score (nSPS) is 17.9. The highest BCUT2D eigenvalue weighted by Gasteiger charge is 2.25. The van der Waals surface area contributed by atoms with E-state index in [0.29, 0.717) is 22.4 Å². The lowest BCUT2D eigenvalue weighted by Gasteiger charge is -2.11. The van der Waals surface area contributed by atoms with Gasteiger partial charge in [0.15, 0.2) is 21.3 Å². The molecule has 1 atom stereocenters. The molecule has 1 aliphatic rings. The summed E-state index contributed by atoms with van der Waals surface area (Å²) < 4.78 is 24.7. The van der Waals surface area contributed by atoms with Gasteiger partial charge in [-0.05, 0) is 58.3 Å². The minimum Gasteiger partial charge on any atom is -0.344 e. The molecule has 8 heteroatoms. The summed E-state index contributed by atoms with van der Waals surface area (Å²) in [5, 5.41) is 2.86. The third-order valence-electron chi connectivity index (χ3n) is 5.69. The van der Waals surface area contributed by atoms with Crippen molar-refractivity contribution in [3.63, 3.8) is 0 Å². The van der Waals surface area contributed by atoms with Crippen LogP contribution in [0.5, 0.6) is 0 Å².